The summed E-state index contributed by atoms with van der Waals surface area (Å²) in [6.45, 7) is 3.14. The van der Waals surface area contributed by atoms with Crippen LogP contribution in [0.3, 0.4) is 0 Å². The molecule has 2 aliphatic rings. The van der Waals surface area contributed by atoms with Crippen molar-refractivity contribution in [3.63, 3.8) is 0 Å². The molecular formula is C22H22ClN3O2S. The van der Waals surface area contributed by atoms with Gasteiger partial charge in [-0.3, -0.25) is 14.5 Å². The van der Waals surface area contributed by atoms with Crippen LogP contribution in [0.1, 0.15) is 5.56 Å². The normalized spacial score (nSPS) is 18.8. The van der Waals surface area contributed by atoms with Gasteiger partial charge < -0.3 is 9.80 Å². The summed E-state index contributed by atoms with van der Waals surface area (Å²) in [4.78, 5) is 33.4. The summed E-state index contributed by atoms with van der Waals surface area (Å²) in [5.74, 6) is -0.175. The van der Waals surface area contributed by atoms with E-state index in [-0.39, 0.29) is 18.4 Å². The van der Waals surface area contributed by atoms with Gasteiger partial charge in [0, 0.05) is 36.1 Å². The van der Waals surface area contributed by atoms with Gasteiger partial charge in [-0.1, -0.05) is 47.6 Å². The average Bonchev–Trinajstić information content (AvgIpc) is 2.71. The van der Waals surface area contributed by atoms with Crippen LogP contribution in [0, 0.1) is 0 Å². The molecule has 1 fully saturated rings. The Morgan fingerprint density at radius 1 is 1.10 bits per heavy atom. The zero-order valence-electron chi connectivity index (χ0n) is 16.2. The number of hydrogen-bond donors (Lipinski definition) is 0. The third kappa shape index (κ3) is 4.50. The lowest BCUT2D eigenvalue weighted by Crippen LogP contribution is -2.51. The smallest absolute Gasteiger partial charge is 0.265 e. The van der Waals surface area contributed by atoms with Crippen LogP contribution in [0.2, 0.25) is 5.02 Å². The molecule has 0 radical (unpaired) electrons. The molecule has 2 heterocycles. The van der Waals surface area contributed by atoms with E-state index in [9.17, 15) is 9.59 Å². The first kappa shape index (κ1) is 20.0. The van der Waals surface area contributed by atoms with E-state index >= 15 is 0 Å². The van der Waals surface area contributed by atoms with Crippen LogP contribution in [0.15, 0.2) is 58.3 Å². The highest BCUT2D eigenvalue weighted by Crippen LogP contribution is 2.42. The number of anilines is 1. The Morgan fingerprint density at radius 2 is 1.86 bits per heavy atom. The van der Waals surface area contributed by atoms with Gasteiger partial charge in [0.1, 0.15) is 6.54 Å². The Kier molecular flexibility index (Phi) is 5.94. The van der Waals surface area contributed by atoms with E-state index in [1.807, 2.05) is 53.4 Å². The summed E-state index contributed by atoms with van der Waals surface area (Å²) >= 11 is 7.52. The Hall–Kier alpha value is -2.28. The zero-order chi connectivity index (χ0) is 20.4. The summed E-state index contributed by atoms with van der Waals surface area (Å²) in [7, 11) is 2.05. The van der Waals surface area contributed by atoms with Gasteiger partial charge in [-0.15, -0.1) is 0 Å². The number of halogens is 1. The van der Waals surface area contributed by atoms with E-state index in [1.165, 1.54) is 11.8 Å². The van der Waals surface area contributed by atoms with Crippen molar-refractivity contribution in [3.05, 3.63) is 64.0 Å². The fourth-order valence-electron chi connectivity index (χ4n) is 3.46. The van der Waals surface area contributed by atoms with Gasteiger partial charge in [-0.25, -0.2) is 0 Å². The summed E-state index contributed by atoms with van der Waals surface area (Å²) in [5, 5.41) is 0.620. The van der Waals surface area contributed by atoms with Gasteiger partial charge in [-0.05, 0) is 43.0 Å². The summed E-state index contributed by atoms with van der Waals surface area (Å²) < 4.78 is 0. The van der Waals surface area contributed by atoms with Crippen LogP contribution < -0.4 is 4.90 Å². The highest BCUT2D eigenvalue weighted by atomic mass is 35.5. The van der Waals surface area contributed by atoms with E-state index in [0.717, 1.165) is 29.2 Å². The summed E-state index contributed by atoms with van der Waals surface area (Å²) in [5.41, 5.74) is 1.64. The molecular weight excluding hydrogens is 406 g/mol. The first-order valence-corrected chi connectivity index (χ1v) is 10.7. The number of carbonyl (C=O) groups is 2. The standard InChI is InChI=1S/C22H22ClN3O2S/c1-24-9-11-25(12-10-24)21(27)15-26-18-7-2-3-8-19(18)29-20(22(26)28)14-16-5-4-6-17(23)13-16/h2-8,13-14H,9-12,15H2,1H3/b20-14+. The number of thioether (sulfide) groups is 1. The molecule has 0 unspecified atom stereocenters. The molecule has 2 aromatic rings. The molecule has 2 amide bonds. The average molecular weight is 428 g/mol. The topological polar surface area (TPSA) is 43.9 Å². The van der Waals surface area contributed by atoms with E-state index < -0.39 is 0 Å². The van der Waals surface area contributed by atoms with Crippen LogP contribution >= 0.6 is 23.4 Å². The van der Waals surface area contributed by atoms with E-state index in [4.69, 9.17) is 11.6 Å². The molecule has 0 aliphatic carbocycles. The van der Waals surface area contributed by atoms with Gasteiger partial charge >= 0.3 is 0 Å². The molecule has 0 N–H and O–H groups in total. The third-order valence-corrected chi connectivity index (χ3v) is 6.44. The van der Waals surface area contributed by atoms with Crippen LogP contribution in [-0.2, 0) is 9.59 Å². The molecule has 0 bridgehead atoms. The molecule has 5 nitrogen and oxygen atoms in total. The van der Waals surface area contributed by atoms with E-state index in [0.29, 0.717) is 23.0 Å². The van der Waals surface area contributed by atoms with Gasteiger partial charge in [-0.2, -0.15) is 0 Å². The quantitative estimate of drug-likeness (QED) is 0.702. The second kappa shape index (κ2) is 8.61. The number of fused-ring (bicyclic) bond motifs is 1. The highest BCUT2D eigenvalue weighted by Gasteiger charge is 2.32. The van der Waals surface area contributed by atoms with Crippen molar-refractivity contribution < 1.29 is 9.59 Å². The molecule has 4 rings (SSSR count). The minimum Gasteiger partial charge on any atom is -0.339 e. The fraction of sp³-hybridized carbons (Fsp3) is 0.273. The van der Waals surface area contributed by atoms with Crippen molar-refractivity contribution in [3.8, 4) is 0 Å². The highest BCUT2D eigenvalue weighted by molar-refractivity contribution is 8.04. The van der Waals surface area contributed by atoms with Crippen LogP contribution in [-0.4, -0.2) is 61.4 Å². The predicted octanol–water partition coefficient (Wildman–Crippen LogP) is 3.59. The maximum Gasteiger partial charge on any atom is 0.265 e. The number of hydrogen-bond acceptors (Lipinski definition) is 4. The molecule has 7 heteroatoms. The Balaban J connectivity index is 1.61. The van der Waals surface area contributed by atoms with E-state index in [2.05, 4.69) is 11.9 Å². The number of amides is 2. The van der Waals surface area contributed by atoms with Crippen LogP contribution in [0.25, 0.3) is 6.08 Å². The minimum atomic E-state index is -0.156. The number of piperazine rings is 1. The first-order valence-electron chi connectivity index (χ1n) is 9.53. The van der Waals surface area contributed by atoms with Crippen molar-refractivity contribution in [1.29, 1.82) is 0 Å². The summed E-state index contributed by atoms with van der Waals surface area (Å²) in [6, 6.07) is 15.1. The SMILES string of the molecule is CN1CCN(C(=O)CN2C(=O)/C(=C\c3cccc(Cl)c3)Sc3ccccc32)CC1. The molecule has 0 spiro atoms. The van der Waals surface area contributed by atoms with Crippen molar-refractivity contribution in [2.75, 3.05) is 44.7 Å². The number of nitrogens with zero attached hydrogens (tertiary/aromatic N) is 3. The molecule has 0 saturated carbocycles. The lowest BCUT2D eigenvalue weighted by atomic mass is 10.2. The second-order valence-corrected chi connectivity index (χ2v) is 8.73. The Morgan fingerprint density at radius 3 is 2.62 bits per heavy atom. The number of rotatable bonds is 3. The molecule has 1 saturated heterocycles. The van der Waals surface area contributed by atoms with Gasteiger partial charge in [0.05, 0.1) is 10.6 Å². The number of carbonyl (C=O) groups excluding carboxylic acids is 2. The maximum absolute atomic E-state index is 13.3. The number of benzene rings is 2. The second-order valence-electron chi connectivity index (χ2n) is 7.21. The molecule has 2 aromatic carbocycles. The van der Waals surface area contributed by atoms with Crippen LogP contribution in [0.4, 0.5) is 5.69 Å². The van der Waals surface area contributed by atoms with Crippen molar-refractivity contribution in [2.24, 2.45) is 0 Å². The predicted molar refractivity (Wildman–Crippen MR) is 118 cm³/mol. The van der Waals surface area contributed by atoms with Gasteiger partial charge in [0.2, 0.25) is 5.91 Å². The van der Waals surface area contributed by atoms with E-state index in [1.54, 1.807) is 11.0 Å². The molecule has 2 aliphatic heterocycles. The minimum absolute atomic E-state index is 0.0183. The van der Waals surface area contributed by atoms with Gasteiger partial charge in [0.15, 0.2) is 0 Å². The maximum atomic E-state index is 13.3. The Labute approximate surface area is 179 Å². The lowest BCUT2D eigenvalue weighted by molar-refractivity contribution is -0.132. The van der Waals surface area contributed by atoms with Crippen molar-refractivity contribution >= 4 is 46.9 Å². The first-order chi connectivity index (χ1) is 14.0. The molecule has 0 aromatic heterocycles. The zero-order valence-corrected chi connectivity index (χ0v) is 17.7. The Bertz CT molecular complexity index is 970. The largest absolute Gasteiger partial charge is 0.339 e. The van der Waals surface area contributed by atoms with Crippen molar-refractivity contribution in [2.45, 2.75) is 4.90 Å². The van der Waals surface area contributed by atoms with Gasteiger partial charge in [0.25, 0.3) is 5.91 Å². The molecule has 150 valence electrons. The molecule has 29 heavy (non-hydrogen) atoms. The lowest BCUT2D eigenvalue weighted by Gasteiger charge is -2.35. The monoisotopic (exact) mass is 427 g/mol. The van der Waals surface area contributed by atoms with Crippen molar-refractivity contribution in [1.82, 2.24) is 9.80 Å². The number of likely N-dealkylation sites (N-methyl/N-ethyl adjacent to an activating group) is 1. The summed E-state index contributed by atoms with van der Waals surface area (Å²) in [6.07, 6.45) is 1.84. The third-order valence-electron chi connectivity index (χ3n) is 5.13. The molecule has 0 atom stereocenters. The fourth-order valence-corrected chi connectivity index (χ4v) is 4.72. The number of para-hydroxylation sites is 1. The van der Waals surface area contributed by atoms with Crippen LogP contribution in [0.5, 0.6) is 0 Å².